The Morgan fingerprint density at radius 2 is 2.29 bits per heavy atom. The summed E-state index contributed by atoms with van der Waals surface area (Å²) in [6, 6.07) is 0. The molecule has 1 aliphatic rings. The molecule has 14 heavy (non-hydrogen) atoms. The summed E-state index contributed by atoms with van der Waals surface area (Å²) in [5, 5.41) is 3.26. The topological polar surface area (TPSA) is 55.4 Å². The molecule has 1 atom stereocenters. The van der Waals surface area contributed by atoms with E-state index in [0.29, 0.717) is 17.4 Å². The maximum absolute atomic E-state index is 11.1. The van der Waals surface area contributed by atoms with Crippen molar-refractivity contribution < 1.29 is 13.2 Å². The fourth-order valence-corrected chi connectivity index (χ4v) is 3.54. The summed E-state index contributed by atoms with van der Waals surface area (Å²) < 4.78 is 27.2. The van der Waals surface area contributed by atoms with Gasteiger partial charge in [0.2, 0.25) is 0 Å². The van der Waals surface area contributed by atoms with Crippen LogP contribution >= 0.6 is 0 Å². The summed E-state index contributed by atoms with van der Waals surface area (Å²) in [5.74, 6) is 1.06. The molecule has 1 unspecified atom stereocenters. The number of sulfone groups is 1. The fraction of sp³-hybridized carbons (Fsp3) is 1.00. The third kappa shape index (κ3) is 4.39. The first-order valence-corrected chi connectivity index (χ1v) is 6.86. The van der Waals surface area contributed by atoms with Crippen molar-refractivity contribution in [2.75, 3.05) is 38.3 Å². The van der Waals surface area contributed by atoms with Gasteiger partial charge in [-0.15, -0.1) is 0 Å². The lowest BCUT2D eigenvalue weighted by Gasteiger charge is -2.08. The smallest absolute Gasteiger partial charge is 0.150 e. The van der Waals surface area contributed by atoms with Gasteiger partial charge in [-0.1, -0.05) is 0 Å². The molecule has 5 heteroatoms. The van der Waals surface area contributed by atoms with Gasteiger partial charge in [0.15, 0.2) is 9.84 Å². The average Bonchev–Trinajstić information content (AvgIpc) is 2.45. The van der Waals surface area contributed by atoms with E-state index < -0.39 is 9.84 Å². The molecule has 84 valence electrons. The minimum atomic E-state index is -2.71. The molecule has 1 heterocycles. The van der Waals surface area contributed by atoms with Gasteiger partial charge in [0.1, 0.15) is 0 Å². The Labute approximate surface area is 85.9 Å². The predicted octanol–water partition coefficient (Wildman–Crippen LogP) is 0.0472. The number of rotatable bonds is 6. The van der Waals surface area contributed by atoms with E-state index in [-0.39, 0.29) is 0 Å². The van der Waals surface area contributed by atoms with Gasteiger partial charge in [-0.05, 0) is 31.8 Å². The van der Waals surface area contributed by atoms with E-state index in [2.05, 4.69) is 5.32 Å². The molecule has 0 spiro atoms. The van der Waals surface area contributed by atoms with E-state index in [9.17, 15) is 8.42 Å². The minimum Gasteiger partial charge on any atom is -0.385 e. The number of ether oxygens (including phenoxy) is 1. The molecule has 0 aromatic heterocycles. The lowest BCUT2D eigenvalue weighted by atomic mass is 10.1. The molecular formula is C9H19NO3S. The van der Waals surface area contributed by atoms with E-state index in [0.717, 1.165) is 32.5 Å². The molecular weight excluding hydrogens is 202 g/mol. The SMILES string of the molecule is COCCCNCC1CCS(=O)(=O)C1. The highest BCUT2D eigenvalue weighted by Gasteiger charge is 2.27. The van der Waals surface area contributed by atoms with Crippen LogP contribution in [0.25, 0.3) is 0 Å². The first-order chi connectivity index (χ1) is 6.64. The van der Waals surface area contributed by atoms with Crippen molar-refractivity contribution in [3.8, 4) is 0 Å². The van der Waals surface area contributed by atoms with Gasteiger partial charge in [0, 0.05) is 13.7 Å². The van der Waals surface area contributed by atoms with Crippen molar-refractivity contribution in [2.45, 2.75) is 12.8 Å². The van der Waals surface area contributed by atoms with Crippen LogP contribution in [0.15, 0.2) is 0 Å². The average molecular weight is 221 g/mol. The van der Waals surface area contributed by atoms with Crippen LogP contribution < -0.4 is 5.32 Å². The summed E-state index contributed by atoms with van der Waals surface area (Å²) in [5.41, 5.74) is 0. The zero-order chi connectivity index (χ0) is 10.4. The molecule has 0 radical (unpaired) electrons. The first kappa shape index (κ1) is 11.9. The van der Waals surface area contributed by atoms with Crippen LogP contribution in [-0.4, -0.2) is 46.7 Å². The van der Waals surface area contributed by atoms with Crippen LogP contribution in [0, 0.1) is 5.92 Å². The number of methoxy groups -OCH3 is 1. The number of nitrogens with one attached hydrogen (secondary N) is 1. The Bertz CT molecular complexity index is 251. The van der Waals surface area contributed by atoms with Gasteiger partial charge in [-0.3, -0.25) is 0 Å². The highest BCUT2D eigenvalue weighted by Crippen LogP contribution is 2.17. The normalized spacial score (nSPS) is 25.4. The van der Waals surface area contributed by atoms with Crippen LogP contribution in [0.3, 0.4) is 0 Å². The largest absolute Gasteiger partial charge is 0.385 e. The Hall–Kier alpha value is -0.130. The second-order valence-corrected chi connectivity index (χ2v) is 6.05. The summed E-state index contributed by atoms with van der Waals surface area (Å²) >= 11 is 0. The monoisotopic (exact) mass is 221 g/mol. The molecule has 1 fully saturated rings. The van der Waals surface area contributed by atoms with Crippen molar-refractivity contribution in [1.82, 2.24) is 5.32 Å². The second kappa shape index (κ2) is 5.68. The maximum Gasteiger partial charge on any atom is 0.150 e. The lowest BCUT2D eigenvalue weighted by molar-refractivity contribution is 0.194. The van der Waals surface area contributed by atoms with Crippen molar-refractivity contribution in [3.63, 3.8) is 0 Å². The molecule has 1 aliphatic heterocycles. The van der Waals surface area contributed by atoms with Crippen LogP contribution in [0.4, 0.5) is 0 Å². The van der Waals surface area contributed by atoms with Gasteiger partial charge in [0.05, 0.1) is 11.5 Å². The molecule has 1 N–H and O–H groups in total. The van der Waals surface area contributed by atoms with Gasteiger partial charge in [0.25, 0.3) is 0 Å². The number of hydrogen-bond acceptors (Lipinski definition) is 4. The Balaban J connectivity index is 2.03. The fourth-order valence-electron chi connectivity index (χ4n) is 1.68. The summed E-state index contributed by atoms with van der Waals surface area (Å²) in [7, 11) is -1.02. The molecule has 1 rings (SSSR count). The molecule has 0 amide bonds. The highest BCUT2D eigenvalue weighted by molar-refractivity contribution is 7.91. The van der Waals surface area contributed by atoms with Gasteiger partial charge in [-0.25, -0.2) is 8.42 Å². The highest BCUT2D eigenvalue weighted by atomic mass is 32.2. The Morgan fingerprint density at radius 1 is 1.50 bits per heavy atom. The summed E-state index contributed by atoms with van der Waals surface area (Å²) in [4.78, 5) is 0. The molecule has 0 aliphatic carbocycles. The maximum atomic E-state index is 11.1. The van der Waals surface area contributed by atoms with Gasteiger partial charge < -0.3 is 10.1 Å². The Morgan fingerprint density at radius 3 is 2.86 bits per heavy atom. The van der Waals surface area contributed by atoms with E-state index in [1.54, 1.807) is 7.11 Å². The molecule has 1 saturated heterocycles. The van der Waals surface area contributed by atoms with Crippen LogP contribution in [0.2, 0.25) is 0 Å². The van der Waals surface area contributed by atoms with E-state index >= 15 is 0 Å². The summed E-state index contributed by atoms with van der Waals surface area (Å²) in [6.45, 7) is 2.49. The Kier molecular flexibility index (Phi) is 4.84. The van der Waals surface area contributed by atoms with E-state index in [1.807, 2.05) is 0 Å². The molecule has 0 saturated carbocycles. The van der Waals surface area contributed by atoms with Crippen molar-refractivity contribution in [3.05, 3.63) is 0 Å². The van der Waals surface area contributed by atoms with E-state index in [4.69, 9.17) is 4.74 Å². The van der Waals surface area contributed by atoms with E-state index in [1.165, 1.54) is 0 Å². The van der Waals surface area contributed by atoms with Crippen molar-refractivity contribution in [1.29, 1.82) is 0 Å². The van der Waals surface area contributed by atoms with Crippen LogP contribution in [0.5, 0.6) is 0 Å². The van der Waals surface area contributed by atoms with Crippen molar-refractivity contribution >= 4 is 9.84 Å². The van der Waals surface area contributed by atoms with Crippen molar-refractivity contribution in [2.24, 2.45) is 5.92 Å². The molecule has 0 bridgehead atoms. The molecule has 4 nitrogen and oxygen atoms in total. The lowest BCUT2D eigenvalue weighted by Crippen LogP contribution is -2.25. The van der Waals surface area contributed by atoms with Crippen LogP contribution in [0.1, 0.15) is 12.8 Å². The van der Waals surface area contributed by atoms with Crippen LogP contribution in [-0.2, 0) is 14.6 Å². The molecule has 0 aromatic carbocycles. The second-order valence-electron chi connectivity index (χ2n) is 3.82. The quantitative estimate of drug-likeness (QED) is 0.644. The third-order valence-corrected chi connectivity index (χ3v) is 4.30. The first-order valence-electron chi connectivity index (χ1n) is 5.04. The predicted molar refractivity (Wildman–Crippen MR) is 56.1 cm³/mol. The number of hydrogen-bond donors (Lipinski definition) is 1. The third-order valence-electron chi connectivity index (χ3n) is 2.46. The standard InChI is InChI=1S/C9H19NO3S/c1-13-5-2-4-10-7-9-3-6-14(11,12)8-9/h9-10H,2-8H2,1H3. The molecule has 0 aromatic rings. The van der Waals surface area contributed by atoms with Gasteiger partial charge in [-0.2, -0.15) is 0 Å². The zero-order valence-electron chi connectivity index (χ0n) is 8.66. The van der Waals surface area contributed by atoms with Gasteiger partial charge >= 0.3 is 0 Å². The summed E-state index contributed by atoms with van der Waals surface area (Å²) in [6.07, 6.45) is 1.80. The minimum absolute atomic E-state index is 0.322. The zero-order valence-corrected chi connectivity index (χ0v) is 9.48.